The molecule has 1 atom stereocenters. The number of nitrogens with zero attached hydrogens (tertiary/aromatic N) is 3. The molecule has 1 N–H and O–H groups in total. The summed E-state index contributed by atoms with van der Waals surface area (Å²) in [5.41, 5.74) is 1.56. The van der Waals surface area contributed by atoms with E-state index in [1.54, 1.807) is 17.0 Å². The van der Waals surface area contributed by atoms with Gasteiger partial charge in [-0.3, -0.25) is 9.89 Å². The van der Waals surface area contributed by atoms with Crippen molar-refractivity contribution in [2.24, 2.45) is 5.92 Å². The smallest absolute Gasteiger partial charge is 0.257 e. The van der Waals surface area contributed by atoms with Crippen LogP contribution in [-0.4, -0.2) is 77.5 Å². The van der Waals surface area contributed by atoms with Gasteiger partial charge in [0, 0.05) is 25.2 Å². The molecule has 9 heteroatoms. The third-order valence-electron chi connectivity index (χ3n) is 7.23. The maximum Gasteiger partial charge on any atom is 0.257 e. The molecule has 3 fully saturated rings. The van der Waals surface area contributed by atoms with Crippen LogP contribution in [0.2, 0.25) is 0 Å². The van der Waals surface area contributed by atoms with Crippen LogP contribution >= 0.6 is 0 Å². The lowest BCUT2D eigenvalue weighted by Gasteiger charge is -2.50. The van der Waals surface area contributed by atoms with Crippen LogP contribution in [0.1, 0.15) is 36.0 Å². The number of carbonyl (C=O) groups excluding carboxylic acids is 1. The third-order valence-corrected chi connectivity index (χ3v) is 9.84. The van der Waals surface area contributed by atoms with Crippen molar-refractivity contribution in [3.8, 4) is 11.3 Å². The number of likely N-dealkylation sites (tertiary alicyclic amines) is 2. The van der Waals surface area contributed by atoms with Crippen LogP contribution in [0.5, 0.6) is 0 Å². The average Bonchev–Trinajstić information content (AvgIpc) is 3.31. The molecule has 31 heavy (non-hydrogen) atoms. The van der Waals surface area contributed by atoms with Crippen molar-refractivity contribution in [2.45, 2.75) is 30.4 Å². The van der Waals surface area contributed by atoms with E-state index in [-0.39, 0.29) is 36.5 Å². The van der Waals surface area contributed by atoms with Gasteiger partial charge in [0.25, 0.3) is 5.91 Å². The Morgan fingerprint density at radius 2 is 1.87 bits per heavy atom. The number of hydrogen-bond donors (Lipinski definition) is 1. The molecule has 1 aromatic carbocycles. The Hall–Kier alpha value is -2.26. The second kappa shape index (κ2) is 7.70. The van der Waals surface area contributed by atoms with Crippen LogP contribution < -0.4 is 0 Å². The largest absolute Gasteiger partial charge is 0.335 e. The van der Waals surface area contributed by atoms with E-state index in [0.29, 0.717) is 23.2 Å². The summed E-state index contributed by atoms with van der Waals surface area (Å²) < 4.78 is 38.4. The fourth-order valence-corrected chi connectivity index (χ4v) is 7.79. The highest BCUT2D eigenvalue weighted by atomic mass is 32.2. The third kappa shape index (κ3) is 3.47. The summed E-state index contributed by atoms with van der Waals surface area (Å²) in [5.74, 6) is -0.315. The Morgan fingerprint density at radius 1 is 1.16 bits per heavy atom. The molecule has 1 aromatic heterocycles. The molecule has 0 aliphatic carbocycles. The van der Waals surface area contributed by atoms with Crippen LogP contribution in [0.3, 0.4) is 0 Å². The summed E-state index contributed by atoms with van der Waals surface area (Å²) in [4.78, 5) is 17.2. The van der Waals surface area contributed by atoms with Crippen LogP contribution in [0.25, 0.3) is 11.3 Å². The van der Waals surface area contributed by atoms with Gasteiger partial charge in [0.05, 0.1) is 23.2 Å². The number of H-pyrrole nitrogens is 1. The Labute approximate surface area is 181 Å². The highest BCUT2D eigenvalue weighted by Gasteiger charge is 2.62. The topological polar surface area (TPSA) is 86.4 Å². The van der Waals surface area contributed by atoms with E-state index < -0.39 is 14.6 Å². The van der Waals surface area contributed by atoms with Crippen LogP contribution in [-0.2, 0) is 9.84 Å². The van der Waals surface area contributed by atoms with E-state index in [1.165, 1.54) is 37.6 Å². The standard InChI is InChI=1S/C22H27FN4O3S/c23-18-6-4-16(5-7-18)20-19(12-24-25-20)21(28)27-14-22(15-27)17(8-11-31(22,29)30)13-26-9-2-1-3-10-26/h4-7,12,17H,1-3,8-11,13-15H2,(H,24,25). The Balaban J connectivity index is 1.33. The Kier molecular flexibility index (Phi) is 5.13. The Bertz CT molecular complexity index is 1070. The molecule has 0 bridgehead atoms. The molecule has 3 saturated heterocycles. The van der Waals surface area contributed by atoms with E-state index in [9.17, 15) is 17.6 Å². The van der Waals surface area contributed by atoms with Gasteiger partial charge in [-0.05, 0) is 62.5 Å². The molecule has 0 radical (unpaired) electrons. The first-order valence-electron chi connectivity index (χ1n) is 10.9. The first kappa shape index (κ1) is 20.6. The number of benzene rings is 1. The second-order valence-electron chi connectivity index (χ2n) is 9.06. The molecule has 3 aliphatic heterocycles. The number of halogens is 1. The number of piperidine rings is 1. The van der Waals surface area contributed by atoms with Crippen molar-refractivity contribution >= 4 is 15.7 Å². The monoisotopic (exact) mass is 446 g/mol. The first-order valence-corrected chi connectivity index (χ1v) is 12.6. The number of hydrogen-bond acceptors (Lipinski definition) is 5. The van der Waals surface area contributed by atoms with Gasteiger partial charge < -0.3 is 9.80 Å². The van der Waals surface area contributed by atoms with E-state index in [4.69, 9.17) is 0 Å². The number of aromatic nitrogens is 2. The molecule has 1 amide bonds. The fraction of sp³-hybridized carbons (Fsp3) is 0.545. The van der Waals surface area contributed by atoms with Gasteiger partial charge >= 0.3 is 0 Å². The van der Waals surface area contributed by atoms with Gasteiger partial charge in [-0.1, -0.05) is 6.42 Å². The Morgan fingerprint density at radius 3 is 2.58 bits per heavy atom. The SMILES string of the molecule is O=C(c1cn[nH]c1-c1ccc(F)cc1)N1CC2(C1)C(CN1CCCCC1)CCS2(=O)=O. The minimum absolute atomic E-state index is 0.0700. The molecular weight excluding hydrogens is 419 g/mol. The molecule has 1 unspecified atom stereocenters. The minimum Gasteiger partial charge on any atom is -0.335 e. The first-order chi connectivity index (χ1) is 14.9. The van der Waals surface area contributed by atoms with Crippen LogP contribution in [0.4, 0.5) is 4.39 Å². The predicted octanol–water partition coefficient (Wildman–Crippen LogP) is 2.33. The van der Waals surface area contributed by atoms with Gasteiger partial charge in [-0.2, -0.15) is 5.10 Å². The maximum atomic E-state index is 13.3. The second-order valence-corrected chi connectivity index (χ2v) is 11.5. The lowest BCUT2D eigenvalue weighted by Crippen LogP contribution is -2.69. The van der Waals surface area contributed by atoms with E-state index >= 15 is 0 Å². The van der Waals surface area contributed by atoms with Gasteiger partial charge in [0.1, 0.15) is 10.6 Å². The summed E-state index contributed by atoms with van der Waals surface area (Å²) >= 11 is 0. The summed E-state index contributed by atoms with van der Waals surface area (Å²) in [7, 11) is -3.24. The molecule has 0 saturated carbocycles. The molecule has 7 nitrogen and oxygen atoms in total. The maximum absolute atomic E-state index is 13.3. The summed E-state index contributed by atoms with van der Waals surface area (Å²) in [5, 5.41) is 6.82. The number of aromatic amines is 1. The van der Waals surface area contributed by atoms with Gasteiger partial charge in [-0.15, -0.1) is 0 Å². The van der Waals surface area contributed by atoms with E-state index in [1.807, 2.05) is 0 Å². The van der Waals surface area contributed by atoms with Crippen molar-refractivity contribution in [3.63, 3.8) is 0 Å². The number of amides is 1. The van der Waals surface area contributed by atoms with Gasteiger partial charge in [0.15, 0.2) is 9.84 Å². The van der Waals surface area contributed by atoms with Crippen LogP contribution in [0, 0.1) is 11.7 Å². The lowest BCUT2D eigenvalue weighted by atomic mass is 9.82. The average molecular weight is 447 g/mol. The highest BCUT2D eigenvalue weighted by Crippen LogP contribution is 2.46. The minimum atomic E-state index is -3.24. The zero-order valence-corrected chi connectivity index (χ0v) is 18.2. The molecular formula is C22H27FN4O3S. The van der Waals surface area contributed by atoms with Gasteiger partial charge in [-0.25, -0.2) is 12.8 Å². The number of nitrogens with one attached hydrogen (secondary N) is 1. The normalized spacial score (nSPS) is 24.9. The zero-order valence-electron chi connectivity index (χ0n) is 17.4. The molecule has 4 heterocycles. The summed E-state index contributed by atoms with van der Waals surface area (Å²) in [6, 6.07) is 5.85. The summed E-state index contributed by atoms with van der Waals surface area (Å²) in [6.45, 7) is 3.34. The summed E-state index contributed by atoms with van der Waals surface area (Å²) in [6.07, 6.45) is 5.72. The number of carbonyl (C=O) groups is 1. The highest BCUT2D eigenvalue weighted by molar-refractivity contribution is 7.93. The van der Waals surface area contributed by atoms with Crippen molar-refractivity contribution < 1.29 is 17.6 Å². The van der Waals surface area contributed by atoms with Crippen molar-refractivity contribution in [2.75, 3.05) is 38.5 Å². The van der Waals surface area contributed by atoms with Crippen LogP contribution in [0.15, 0.2) is 30.5 Å². The van der Waals surface area contributed by atoms with Crippen molar-refractivity contribution in [1.29, 1.82) is 0 Å². The van der Waals surface area contributed by atoms with Crippen molar-refractivity contribution in [3.05, 3.63) is 41.8 Å². The number of sulfone groups is 1. The molecule has 166 valence electrons. The molecule has 1 spiro atoms. The van der Waals surface area contributed by atoms with Crippen molar-refractivity contribution in [1.82, 2.24) is 20.0 Å². The molecule has 3 aliphatic rings. The number of rotatable bonds is 4. The zero-order chi connectivity index (χ0) is 21.6. The molecule has 5 rings (SSSR count). The lowest BCUT2D eigenvalue weighted by molar-refractivity contribution is 0.0412. The van der Waals surface area contributed by atoms with E-state index in [2.05, 4.69) is 15.1 Å². The molecule has 2 aromatic rings. The fourth-order valence-electron chi connectivity index (χ4n) is 5.38. The van der Waals surface area contributed by atoms with Gasteiger partial charge in [0.2, 0.25) is 0 Å². The predicted molar refractivity (Wildman–Crippen MR) is 115 cm³/mol. The quantitative estimate of drug-likeness (QED) is 0.779. The van der Waals surface area contributed by atoms with E-state index in [0.717, 1.165) is 19.6 Å².